The van der Waals surface area contributed by atoms with Gasteiger partial charge in [0.25, 0.3) is 17.7 Å². The summed E-state index contributed by atoms with van der Waals surface area (Å²) in [4.78, 5) is 51.2. The van der Waals surface area contributed by atoms with Crippen molar-refractivity contribution in [3.8, 4) is 5.75 Å². The van der Waals surface area contributed by atoms with Gasteiger partial charge in [0, 0.05) is 15.7 Å². The first-order chi connectivity index (χ1) is 16.8. The maximum absolute atomic E-state index is 13.1. The highest BCUT2D eigenvalue weighted by Crippen LogP contribution is 2.28. The number of para-hydroxylation sites is 1. The summed E-state index contributed by atoms with van der Waals surface area (Å²) in [6.07, 6.45) is 1.33. The van der Waals surface area contributed by atoms with E-state index < -0.39 is 17.8 Å². The maximum Gasteiger partial charge on any atom is 0.335 e. The van der Waals surface area contributed by atoms with E-state index in [1.54, 1.807) is 60.7 Å². The Balaban J connectivity index is 1.57. The monoisotopic (exact) mass is 533 g/mol. The third-order valence-corrected chi connectivity index (χ3v) is 5.58. The van der Waals surface area contributed by atoms with Crippen molar-refractivity contribution in [3.05, 3.63) is 94.0 Å². The molecule has 3 aromatic rings. The van der Waals surface area contributed by atoms with E-state index in [2.05, 4.69) is 26.6 Å². The van der Waals surface area contributed by atoms with Crippen LogP contribution in [-0.4, -0.2) is 30.4 Å². The Hall–Kier alpha value is -4.24. The van der Waals surface area contributed by atoms with Gasteiger partial charge in [-0.25, -0.2) is 9.69 Å². The number of urea groups is 1. The van der Waals surface area contributed by atoms with Crippen LogP contribution in [0.2, 0.25) is 0 Å². The van der Waals surface area contributed by atoms with E-state index >= 15 is 0 Å². The minimum absolute atomic E-state index is 0.250. The van der Waals surface area contributed by atoms with E-state index in [9.17, 15) is 19.2 Å². The smallest absolute Gasteiger partial charge is 0.335 e. The molecule has 8 nitrogen and oxygen atoms in total. The van der Waals surface area contributed by atoms with Crippen molar-refractivity contribution in [3.63, 3.8) is 0 Å². The van der Waals surface area contributed by atoms with E-state index in [0.717, 1.165) is 10.5 Å². The predicted molar refractivity (Wildman–Crippen MR) is 135 cm³/mol. The molecular weight excluding hydrogens is 514 g/mol. The quantitative estimate of drug-likeness (QED) is 0.360. The molecule has 1 saturated heterocycles. The van der Waals surface area contributed by atoms with E-state index in [4.69, 9.17) is 4.74 Å². The van der Waals surface area contributed by atoms with Crippen molar-refractivity contribution in [2.45, 2.75) is 6.92 Å². The Kier molecular flexibility index (Phi) is 7.07. The first-order valence-corrected chi connectivity index (χ1v) is 11.4. The Morgan fingerprint density at radius 1 is 1.03 bits per heavy atom. The van der Waals surface area contributed by atoms with Crippen molar-refractivity contribution < 1.29 is 23.9 Å². The van der Waals surface area contributed by atoms with Gasteiger partial charge < -0.3 is 10.1 Å². The topological polar surface area (TPSA) is 105 Å². The summed E-state index contributed by atoms with van der Waals surface area (Å²) in [7, 11) is 0. The van der Waals surface area contributed by atoms with Crippen molar-refractivity contribution in [1.29, 1.82) is 0 Å². The molecule has 0 aromatic heterocycles. The summed E-state index contributed by atoms with van der Waals surface area (Å²) in [5, 5.41) is 4.93. The van der Waals surface area contributed by atoms with Crippen LogP contribution in [0.15, 0.2) is 82.8 Å². The molecule has 0 unspecified atom stereocenters. The van der Waals surface area contributed by atoms with Gasteiger partial charge in [-0.1, -0.05) is 51.8 Å². The van der Waals surface area contributed by atoms with Gasteiger partial charge in [-0.15, -0.1) is 0 Å². The third-order valence-electron chi connectivity index (χ3n) is 5.08. The van der Waals surface area contributed by atoms with E-state index in [-0.39, 0.29) is 23.8 Å². The number of benzene rings is 3. The minimum atomic E-state index is -0.832. The molecule has 0 atom stereocenters. The highest BCUT2D eigenvalue weighted by atomic mass is 79.9. The normalized spacial score (nSPS) is 14.6. The lowest BCUT2D eigenvalue weighted by Gasteiger charge is -2.26. The average Bonchev–Trinajstić information content (AvgIpc) is 2.83. The molecule has 0 bridgehead atoms. The Morgan fingerprint density at radius 3 is 2.46 bits per heavy atom. The number of amides is 5. The van der Waals surface area contributed by atoms with Crippen LogP contribution < -0.4 is 20.3 Å². The zero-order valence-corrected chi connectivity index (χ0v) is 20.2. The van der Waals surface area contributed by atoms with Crippen molar-refractivity contribution in [2.24, 2.45) is 0 Å². The molecule has 176 valence electrons. The second-order valence-electron chi connectivity index (χ2n) is 7.68. The number of rotatable bonds is 6. The number of halogens is 1. The van der Waals surface area contributed by atoms with Gasteiger partial charge in [-0.2, -0.15) is 0 Å². The zero-order valence-electron chi connectivity index (χ0n) is 18.6. The minimum Gasteiger partial charge on any atom is -0.483 e. The van der Waals surface area contributed by atoms with Gasteiger partial charge in [0.15, 0.2) is 6.61 Å². The molecule has 35 heavy (non-hydrogen) atoms. The summed E-state index contributed by atoms with van der Waals surface area (Å²) in [5.74, 6) is -1.69. The first kappa shape index (κ1) is 23.9. The van der Waals surface area contributed by atoms with E-state index in [0.29, 0.717) is 21.4 Å². The molecule has 9 heteroatoms. The molecule has 3 aromatic carbocycles. The van der Waals surface area contributed by atoms with E-state index in [1.807, 2.05) is 19.1 Å². The fraction of sp³-hybridized carbons (Fsp3) is 0.0769. The number of ether oxygens (including phenoxy) is 1. The van der Waals surface area contributed by atoms with Crippen molar-refractivity contribution in [1.82, 2.24) is 5.32 Å². The SMILES string of the molecule is Cc1ccc(NC(=O)COc2ccc(Br)cc2/C=C2\C(=O)NC(=O)N(c3ccccc3)C2=O)cc1. The lowest BCUT2D eigenvalue weighted by molar-refractivity contribution is -0.122. The van der Waals surface area contributed by atoms with Crippen LogP contribution in [0.1, 0.15) is 11.1 Å². The van der Waals surface area contributed by atoms with Crippen LogP contribution in [0, 0.1) is 6.92 Å². The number of anilines is 2. The molecule has 0 saturated carbocycles. The first-order valence-electron chi connectivity index (χ1n) is 10.6. The summed E-state index contributed by atoms with van der Waals surface area (Å²) >= 11 is 3.37. The number of nitrogens with zero attached hydrogens (tertiary/aromatic N) is 1. The Morgan fingerprint density at radius 2 is 1.74 bits per heavy atom. The number of carbonyl (C=O) groups is 4. The molecule has 2 N–H and O–H groups in total. The Bertz CT molecular complexity index is 1340. The lowest BCUT2D eigenvalue weighted by atomic mass is 10.1. The highest BCUT2D eigenvalue weighted by molar-refractivity contribution is 9.10. The molecule has 0 radical (unpaired) electrons. The van der Waals surface area contributed by atoms with Gasteiger partial charge in [-0.05, 0) is 55.5 Å². The summed E-state index contributed by atoms with van der Waals surface area (Å²) < 4.78 is 6.36. The molecule has 5 amide bonds. The number of carbonyl (C=O) groups excluding carboxylic acids is 4. The molecule has 1 fully saturated rings. The molecule has 0 aliphatic carbocycles. The van der Waals surface area contributed by atoms with Gasteiger partial charge in [0.2, 0.25) is 0 Å². The Labute approximate surface area is 209 Å². The van der Waals surface area contributed by atoms with Gasteiger partial charge in [-0.3, -0.25) is 19.7 Å². The van der Waals surface area contributed by atoms with Crippen molar-refractivity contribution >= 4 is 57.1 Å². The maximum atomic E-state index is 13.1. The standard InChI is InChI=1S/C26H20BrN3O5/c1-16-7-10-19(11-8-16)28-23(31)15-35-22-12-9-18(27)13-17(22)14-21-24(32)29-26(34)30(25(21)33)20-5-3-2-4-6-20/h2-14H,15H2,1H3,(H,28,31)(H,29,32,34)/b21-14+. The van der Waals surface area contributed by atoms with Gasteiger partial charge >= 0.3 is 6.03 Å². The second-order valence-corrected chi connectivity index (χ2v) is 8.59. The molecule has 1 aliphatic rings. The summed E-state index contributed by atoms with van der Waals surface area (Å²) in [6, 6.07) is 19.7. The molecule has 4 rings (SSSR count). The molecular formula is C26H20BrN3O5. The second kappa shape index (κ2) is 10.4. The molecule has 1 aliphatic heterocycles. The van der Waals surface area contributed by atoms with Crippen LogP contribution in [0.5, 0.6) is 5.75 Å². The predicted octanol–water partition coefficient (Wildman–Crippen LogP) is 4.44. The fourth-order valence-corrected chi connectivity index (χ4v) is 3.74. The summed E-state index contributed by atoms with van der Waals surface area (Å²) in [5.41, 5.74) is 2.16. The number of imide groups is 2. The third kappa shape index (κ3) is 5.64. The van der Waals surface area contributed by atoms with Crippen LogP contribution in [0.25, 0.3) is 6.08 Å². The van der Waals surface area contributed by atoms with Crippen molar-refractivity contribution in [2.75, 3.05) is 16.8 Å². The van der Waals surface area contributed by atoms with Crippen LogP contribution in [-0.2, 0) is 14.4 Å². The average molecular weight is 534 g/mol. The lowest BCUT2D eigenvalue weighted by Crippen LogP contribution is -2.54. The largest absolute Gasteiger partial charge is 0.483 e. The number of hydrogen-bond acceptors (Lipinski definition) is 5. The van der Waals surface area contributed by atoms with Gasteiger partial charge in [0.05, 0.1) is 5.69 Å². The highest BCUT2D eigenvalue weighted by Gasteiger charge is 2.36. The number of barbiturate groups is 1. The zero-order chi connectivity index (χ0) is 24.9. The number of hydrogen-bond donors (Lipinski definition) is 2. The fourth-order valence-electron chi connectivity index (χ4n) is 3.37. The summed E-state index contributed by atoms with van der Waals surface area (Å²) in [6.45, 7) is 1.66. The number of aryl methyl sites for hydroxylation is 1. The van der Waals surface area contributed by atoms with Gasteiger partial charge in [0.1, 0.15) is 11.3 Å². The van der Waals surface area contributed by atoms with E-state index in [1.165, 1.54) is 6.08 Å². The van der Waals surface area contributed by atoms with Crippen LogP contribution >= 0.6 is 15.9 Å². The number of nitrogens with one attached hydrogen (secondary N) is 2. The molecule has 0 spiro atoms. The molecule has 1 heterocycles. The van der Waals surface area contributed by atoms with Crippen LogP contribution in [0.3, 0.4) is 0 Å². The van der Waals surface area contributed by atoms with Crippen LogP contribution in [0.4, 0.5) is 16.2 Å².